The van der Waals surface area contributed by atoms with Crippen LogP contribution in [0.4, 0.5) is 25.5 Å². The summed E-state index contributed by atoms with van der Waals surface area (Å²) in [7, 11) is 3.02. The fourth-order valence-electron chi connectivity index (χ4n) is 13.7. The first-order chi connectivity index (χ1) is 39.0. The fourth-order valence-corrected chi connectivity index (χ4v) is 13.7. The highest BCUT2D eigenvalue weighted by molar-refractivity contribution is 6.06. The van der Waals surface area contributed by atoms with E-state index >= 15 is 4.39 Å². The minimum atomic E-state index is -0.665. The van der Waals surface area contributed by atoms with E-state index in [-0.39, 0.29) is 97.2 Å². The van der Waals surface area contributed by atoms with Gasteiger partial charge in [0.1, 0.15) is 47.6 Å². The van der Waals surface area contributed by atoms with Crippen molar-refractivity contribution in [1.82, 2.24) is 39.5 Å². The van der Waals surface area contributed by atoms with Crippen molar-refractivity contribution >= 4 is 63.1 Å². The molecule has 2 aromatic heterocycles. The van der Waals surface area contributed by atoms with Crippen LogP contribution >= 0.6 is 0 Å². The molecular formula is C60H71FN10O10. The van der Waals surface area contributed by atoms with Crippen molar-refractivity contribution in [3.05, 3.63) is 77.2 Å². The second-order valence-corrected chi connectivity index (χ2v) is 23.8. The number of carbonyl (C=O) groups excluding carboxylic acids is 5. The van der Waals surface area contributed by atoms with Crippen LogP contribution in [0.2, 0.25) is 0 Å². The number of carbonyl (C=O) groups is 5. The van der Waals surface area contributed by atoms with Crippen LogP contribution in [0.5, 0.6) is 11.8 Å². The van der Waals surface area contributed by atoms with Gasteiger partial charge in [-0.05, 0) is 131 Å². The van der Waals surface area contributed by atoms with Gasteiger partial charge < -0.3 is 43.3 Å². The Morgan fingerprint density at radius 1 is 0.864 bits per heavy atom. The number of nitrogens with zero attached hydrogens (tertiary/aromatic N) is 10. The maximum atomic E-state index is 17.8. The molecule has 3 aromatic carbocycles. The van der Waals surface area contributed by atoms with Gasteiger partial charge in [0.2, 0.25) is 5.91 Å². The van der Waals surface area contributed by atoms with Crippen molar-refractivity contribution < 1.29 is 52.0 Å². The molecule has 21 heteroatoms. The number of ether oxygens (including phenoxy) is 5. The summed E-state index contributed by atoms with van der Waals surface area (Å²) in [5.74, 6) is -0.407. The minimum Gasteiger partial charge on any atom is -0.468 e. The fraction of sp³-hybridized carbons (Fsp3) is 0.533. The van der Waals surface area contributed by atoms with Crippen molar-refractivity contribution in [3.8, 4) is 23.0 Å². The third kappa shape index (κ3) is 10.1. The molecule has 0 N–H and O–H groups in total. The summed E-state index contributed by atoms with van der Waals surface area (Å²) >= 11 is 0. The maximum absolute atomic E-state index is 17.8. The molecule has 0 aliphatic carbocycles. The summed E-state index contributed by atoms with van der Waals surface area (Å²) in [5.41, 5.74) is 3.10. The van der Waals surface area contributed by atoms with Gasteiger partial charge in [-0.3, -0.25) is 34.1 Å². The molecule has 20 nitrogen and oxygen atoms in total. The molecule has 81 heavy (non-hydrogen) atoms. The van der Waals surface area contributed by atoms with Gasteiger partial charge in [-0.1, -0.05) is 25.1 Å². The molecule has 3 unspecified atom stereocenters. The predicted molar refractivity (Wildman–Crippen MR) is 299 cm³/mol. The van der Waals surface area contributed by atoms with E-state index in [2.05, 4.69) is 21.6 Å². The summed E-state index contributed by atoms with van der Waals surface area (Å²) in [6.45, 7) is 12.2. The Labute approximate surface area is 470 Å². The molecule has 12 rings (SSSR count). The van der Waals surface area contributed by atoms with E-state index in [9.17, 15) is 24.0 Å². The smallest absolute Gasteiger partial charge is 0.410 e. The van der Waals surface area contributed by atoms with Crippen LogP contribution in [0.3, 0.4) is 0 Å². The van der Waals surface area contributed by atoms with Crippen molar-refractivity contribution in [2.24, 2.45) is 0 Å². The van der Waals surface area contributed by atoms with Crippen LogP contribution in [0.15, 0.2) is 54.7 Å². The molecule has 6 saturated heterocycles. The third-order valence-corrected chi connectivity index (χ3v) is 17.8. The number of piperidine rings is 1. The summed E-state index contributed by atoms with van der Waals surface area (Å²) in [5, 5.41) is 2.17. The number of benzene rings is 3. The number of anilines is 2. The van der Waals surface area contributed by atoms with Gasteiger partial charge in [-0.25, -0.2) is 14.0 Å². The molecule has 0 radical (unpaired) electrons. The first-order valence-electron chi connectivity index (χ1n) is 28.6. The second kappa shape index (κ2) is 21.5. The number of hydrogen-bond donors (Lipinski definition) is 0. The van der Waals surface area contributed by atoms with E-state index in [0.29, 0.717) is 86.7 Å². The summed E-state index contributed by atoms with van der Waals surface area (Å²) < 4.78 is 47.6. The van der Waals surface area contributed by atoms with Crippen LogP contribution < -0.4 is 19.3 Å². The zero-order chi connectivity index (χ0) is 56.5. The number of rotatable bonds is 13. The van der Waals surface area contributed by atoms with E-state index in [0.717, 1.165) is 77.6 Å². The lowest BCUT2D eigenvalue weighted by atomic mass is 9.95. The number of hydrogen-bond acceptors (Lipinski definition) is 16. The number of aromatic nitrogens is 3. The molecule has 2 bridgehead atoms. The number of aryl methyl sites for hydroxylation is 1. The SMILES string of the molecule is CCc1cccc2cc(OCOC)cc(-c3ncc4c(N5CC6CCC(C5)N6C(=O)OC(C)(C)C)nc(OC[C@]56CCCN5[C@@H](COC(=O)N5CCN(c7ccc8c(c7)CN(C7CCC(=O)N(C)C7=O)C8=O)CC5)CC6)nc4c3F)c12. The molecule has 7 aliphatic rings. The molecule has 0 saturated carbocycles. The molecule has 5 aromatic rings. The number of likely N-dealkylation sites (tertiary alicyclic amines) is 1. The average Bonchev–Trinajstić information content (AvgIpc) is 4.42. The molecule has 9 heterocycles. The van der Waals surface area contributed by atoms with Crippen molar-refractivity contribution in [3.63, 3.8) is 0 Å². The Bertz CT molecular complexity index is 3320. The van der Waals surface area contributed by atoms with Crippen LogP contribution in [-0.4, -0.2) is 185 Å². The number of pyridine rings is 1. The normalized spacial score (nSPS) is 24.0. The van der Waals surface area contributed by atoms with Gasteiger partial charge in [0.15, 0.2) is 12.6 Å². The number of methoxy groups -OCH3 is 1. The van der Waals surface area contributed by atoms with E-state index < -0.39 is 17.5 Å². The number of fused-ring (bicyclic) bond motifs is 6. The average molecular weight is 1110 g/mol. The van der Waals surface area contributed by atoms with E-state index in [1.54, 1.807) is 29.2 Å². The Balaban J connectivity index is 0.745. The molecule has 5 atom stereocenters. The van der Waals surface area contributed by atoms with Crippen molar-refractivity contribution in [2.45, 2.75) is 127 Å². The van der Waals surface area contributed by atoms with Gasteiger partial charge in [-0.15, -0.1) is 0 Å². The predicted octanol–water partition coefficient (Wildman–Crippen LogP) is 7.56. The zero-order valence-corrected chi connectivity index (χ0v) is 47.1. The number of amides is 5. The van der Waals surface area contributed by atoms with Gasteiger partial charge in [0, 0.05) is 95.4 Å². The van der Waals surface area contributed by atoms with Crippen LogP contribution in [0.25, 0.3) is 32.9 Å². The third-order valence-electron chi connectivity index (χ3n) is 17.8. The Morgan fingerprint density at radius 3 is 2.41 bits per heavy atom. The van der Waals surface area contributed by atoms with E-state index in [1.807, 2.05) is 68.1 Å². The monoisotopic (exact) mass is 1110 g/mol. The standard InChI is InChI=1S/C60H71FN10O10/c1-7-36-10-8-11-37-27-43(80-35-77-6)28-45(49(36)37)51-50(61)52-46(29-62-51)53(68-31-40-12-13-41(32-68)71(40)58(76)81-59(2,3)4)64-56(63-52)79-34-60-19-9-21-70(60)42(18-20-60)33-78-57(75)67-24-22-66(23-25-67)39-14-15-44-38(26-39)30-69(54(44)73)47-16-17-48(72)65(5)55(47)74/h8,10-11,14-15,26-29,40-42,47H,7,9,12-13,16-25,30-35H2,1-6H3/t40?,41?,42-,47?,60-/m1/s1. The quantitative estimate of drug-likeness (QED) is 0.0828. The highest BCUT2D eigenvalue weighted by atomic mass is 19.1. The first-order valence-corrected chi connectivity index (χ1v) is 28.6. The Morgan fingerprint density at radius 2 is 1.65 bits per heavy atom. The van der Waals surface area contributed by atoms with Gasteiger partial charge in [0.05, 0.1) is 23.0 Å². The van der Waals surface area contributed by atoms with Crippen LogP contribution in [0, 0.1) is 5.82 Å². The molecule has 7 aliphatic heterocycles. The van der Waals surface area contributed by atoms with Crippen LogP contribution in [-0.2, 0) is 36.8 Å². The topological polar surface area (TPSA) is 193 Å². The Hall–Kier alpha value is -7.39. The largest absolute Gasteiger partial charge is 0.468 e. The molecule has 428 valence electrons. The summed E-state index contributed by atoms with van der Waals surface area (Å²) in [4.78, 5) is 93.5. The molecular weight excluding hydrogens is 1040 g/mol. The lowest BCUT2D eigenvalue weighted by Gasteiger charge is -2.42. The lowest BCUT2D eigenvalue weighted by molar-refractivity contribution is -0.150. The van der Waals surface area contributed by atoms with Crippen LogP contribution in [0.1, 0.15) is 101 Å². The van der Waals surface area contributed by atoms with Gasteiger partial charge in [0.25, 0.3) is 11.8 Å². The minimum absolute atomic E-state index is 0.0126. The molecule has 6 fully saturated rings. The maximum Gasteiger partial charge on any atom is 0.410 e. The zero-order valence-electron chi connectivity index (χ0n) is 47.1. The number of halogens is 1. The van der Waals surface area contributed by atoms with Gasteiger partial charge in [-0.2, -0.15) is 9.97 Å². The summed E-state index contributed by atoms with van der Waals surface area (Å²) in [6, 6.07) is 14.5. The molecule has 5 amide bonds. The highest BCUT2D eigenvalue weighted by Gasteiger charge is 2.51. The van der Waals surface area contributed by atoms with E-state index in [1.165, 1.54) is 7.05 Å². The number of likely N-dealkylation sites (N-methyl/N-ethyl adjacent to an activating group) is 1. The van der Waals surface area contributed by atoms with Crippen molar-refractivity contribution in [2.75, 3.05) is 89.8 Å². The Kier molecular flexibility index (Phi) is 14.4. The highest BCUT2D eigenvalue weighted by Crippen LogP contribution is 2.45. The lowest BCUT2D eigenvalue weighted by Crippen LogP contribution is -2.57. The van der Waals surface area contributed by atoms with Crippen molar-refractivity contribution in [1.29, 1.82) is 0 Å². The summed E-state index contributed by atoms with van der Waals surface area (Å²) in [6.07, 6.45) is 7.18. The van der Waals surface area contributed by atoms with E-state index in [4.69, 9.17) is 38.6 Å². The number of imide groups is 1. The van der Waals surface area contributed by atoms with Gasteiger partial charge >= 0.3 is 18.2 Å². The first kappa shape index (κ1) is 54.2. The molecule has 0 spiro atoms. The number of piperazine rings is 2. The second-order valence-electron chi connectivity index (χ2n) is 23.8.